The molecule has 0 aliphatic heterocycles. The highest BCUT2D eigenvalue weighted by molar-refractivity contribution is 5.85. The Hall–Kier alpha value is -1.55. The fraction of sp³-hybridized carbons (Fsp3) is 0.200. The van der Waals surface area contributed by atoms with Gasteiger partial charge >= 0.3 is 0 Å². The molecule has 0 saturated heterocycles. The van der Waals surface area contributed by atoms with Crippen LogP contribution < -0.4 is 10.5 Å². The van der Waals surface area contributed by atoms with Gasteiger partial charge < -0.3 is 15.6 Å². The Morgan fingerprint density at radius 3 is 2.11 bits per heavy atom. The lowest BCUT2D eigenvalue weighted by Gasteiger charge is -2.11. The number of rotatable bonds is 5. The summed E-state index contributed by atoms with van der Waals surface area (Å²) in [5, 5.41) is 8.84. The van der Waals surface area contributed by atoms with E-state index in [1.165, 1.54) is 0 Å². The zero-order chi connectivity index (χ0) is 12.8. The number of ether oxygens (including phenoxy) is 1. The number of hydrogen-bond donors (Lipinski definition) is 2. The SMILES string of the molecule is Cl.NC(CCO)c1ccc(Oc2ccccc2)cc1. The van der Waals surface area contributed by atoms with Crippen molar-refractivity contribution in [1.29, 1.82) is 0 Å². The lowest BCUT2D eigenvalue weighted by Crippen LogP contribution is -2.11. The molecule has 0 radical (unpaired) electrons. The quantitative estimate of drug-likeness (QED) is 0.883. The molecular formula is C15H18ClNO2. The molecule has 1 atom stereocenters. The zero-order valence-corrected chi connectivity index (χ0v) is 11.3. The third-order valence-electron chi connectivity index (χ3n) is 2.73. The van der Waals surface area contributed by atoms with Crippen LogP contribution in [-0.2, 0) is 0 Å². The summed E-state index contributed by atoms with van der Waals surface area (Å²) in [6.45, 7) is 0.101. The topological polar surface area (TPSA) is 55.5 Å². The van der Waals surface area contributed by atoms with Gasteiger partial charge in [0.2, 0.25) is 0 Å². The second kappa shape index (κ2) is 7.79. The maximum Gasteiger partial charge on any atom is 0.127 e. The van der Waals surface area contributed by atoms with Gasteiger partial charge in [0.1, 0.15) is 11.5 Å². The number of halogens is 1. The van der Waals surface area contributed by atoms with E-state index in [4.69, 9.17) is 15.6 Å². The molecule has 3 N–H and O–H groups in total. The van der Waals surface area contributed by atoms with E-state index in [9.17, 15) is 0 Å². The van der Waals surface area contributed by atoms with Crippen molar-refractivity contribution in [2.75, 3.05) is 6.61 Å². The first-order valence-corrected chi connectivity index (χ1v) is 5.99. The first kappa shape index (κ1) is 15.5. The fourth-order valence-electron chi connectivity index (χ4n) is 1.71. The van der Waals surface area contributed by atoms with Crippen molar-refractivity contribution in [3.8, 4) is 11.5 Å². The number of nitrogens with two attached hydrogens (primary N) is 1. The molecule has 0 aliphatic rings. The largest absolute Gasteiger partial charge is 0.457 e. The molecule has 0 fully saturated rings. The summed E-state index contributed by atoms with van der Waals surface area (Å²) >= 11 is 0. The van der Waals surface area contributed by atoms with Crippen molar-refractivity contribution >= 4 is 12.4 Å². The highest BCUT2D eigenvalue weighted by Crippen LogP contribution is 2.23. The fourth-order valence-corrected chi connectivity index (χ4v) is 1.71. The molecule has 19 heavy (non-hydrogen) atoms. The van der Waals surface area contributed by atoms with Crippen LogP contribution in [0.2, 0.25) is 0 Å². The summed E-state index contributed by atoms with van der Waals surface area (Å²) in [7, 11) is 0. The molecule has 0 aromatic heterocycles. The maximum atomic E-state index is 8.84. The normalized spacial score (nSPS) is 11.5. The van der Waals surface area contributed by atoms with Gasteiger partial charge in [0.05, 0.1) is 0 Å². The number of benzene rings is 2. The first-order chi connectivity index (χ1) is 8.79. The summed E-state index contributed by atoms with van der Waals surface area (Å²) in [6.07, 6.45) is 0.568. The Morgan fingerprint density at radius 2 is 1.53 bits per heavy atom. The van der Waals surface area contributed by atoms with Gasteiger partial charge in [-0.15, -0.1) is 12.4 Å². The molecule has 2 aromatic carbocycles. The Morgan fingerprint density at radius 1 is 0.947 bits per heavy atom. The molecule has 0 bridgehead atoms. The lowest BCUT2D eigenvalue weighted by molar-refractivity contribution is 0.276. The van der Waals surface area contributed by atoms with E-state index in [1.807, 2.05) is 54.6 Å². The van der Waals surface area contributed by atoms with Gasteiger partial charge in [-0.2, -0.15) is 0 Å². The lowest BCUT2D eigenvalue weighted by atomic mass is 10.1. The van der Waals surface area contributed by atoms with Gasteiger partial charge in [-0.25, -0.2) is 0 Å². The summed E-state index contributed by atoms with van der Waals surface area (Å²) in [5.74, 6) is 1.59. The van der Waals surface area contributed by atoms with Crippen LogP contribution in [0.4, 0.5) is 0 Å². The Kier molecular flexibility index (Phi) is 6.36. The molecule has 102 valence electrons. The third kappa shape index (κ3) is 4.56. The minimum absolute atomic E-state index is 0. The average Bonchev–Trinajstić information content (AvgIpc) is 2.41. The van der Waals surface area contributed by atoms with Crippen molar-refractivity contribution in [3.63, 3.8) is 0 Å². The molecule has 0 amide bonds. The van der Waals surface area contributed by atoms with E-state index < -0.39 is 0 Å². The number of hydrogen-bond acceptors (Lipinski definition) is 3. The van der Waals surface area contributed by atoms with Crippen LogP contribution in [0.1, 0.15) is 18.0 Å². The van der Waals surface area contributed by atoms with Crippen molar-refractivity contribution in [2.45, 2.75) is 12.5 Å². The van der Waals surface area contributed by atoms with Crippen molar-refractivity contribution in [3.05, 3.63) is 60.2 Å². The predicted octanol–water partition coefficient (Wildman–Crippen LogP) is 3.28. The summed E-state index contributed by atoms with van der Waals surface area (Å²) in [4.78, 5) is 0. The highest BCUT2D eigenvalue weighted by Gasteiger charge is 2.05. The van der Waals surface area contributed by atoms with E-state index in [2.05, 4.69) is 0 Å². The zero-order valence-electron chi connectivity index (χ0n) is 10.5. The van der Waals surface area contributed by atoms with Gasteiger partial charge in [0, 0.05) is 12.6 Å². The molecule has 4 heteroatoms. The van der Waals surface area contributed by atoms with Gasteiger partial charge in [-0.3, -0.25) is 0 Å². The molecule has 0 saturated carbocycles. The van der Waals surface area contributed by atoms with Crippen LogP contribution in [0.3, 0.4) is 0 Å². The third-order valence-corrected chi connectivity index (χ3v) is 2.73. The molecule has 1 unspecified atom stereocenters. The number of aliphatic hydroxyl groups is 1. The molecule has 2 rings (SSSR count). The van der Waals surface area contributed by atoms with Crippen molar-refractivity contribution < 1.29 is 9.84 Å². The van der Waals surface area contributed by atoms with Gasteiger partial charge in [0.15, 0.2) is 0 Å². The molecular weight excluding hydrogens is 262 g/mol. The molecule has 0 spiro atoms. The Bertz CT molecular complexity index is 473. The minimum Gasteiger partial charge on any atom is -0.457 e. The van der Waals surface area contributed by atoms with Crippen LogP contribution in [0.25, 0.3) is 0 Å². The molecule has 0 heterocycles. The van der Waals surface area contributed by atoms with E-state index in [1.54, 1.807) is 0 Å². The van der Waals surface area contributed by atoms with Gasteiger partial charge in [0.25, 0.3) is 0 Å². The van der Waals surface area contributed by atoms with Crippen LogP contribution >= 0.6 is 12.4 Å². The highest BCUT2D eigenvalue weighted by atomic mass is 35.5. The molecule has 0 aliphatic carbocycles. The van der Waals surface area contributed by atoms with Crippen LogP contribution in [0, 0.1) is 0 Å². The average molecular weight is 280 g/mol. The Labute approximate surface area is 119 Å². The molecule has 2 aromatic rings. The Balaban J connectivity index is 0.00000180. The van der Waals surface area contributed by atoms with Gasteiger partial charge in [-0.05, 0) is 36.2 Å². The standard InChI is InChI=1S/C15H17NO2.ClH/c16-15(10-11-17)12-6-8-14(9-7-12)18-13-4-2-1-3-5-13;/h1-9,15,17H,10-11,16H2;1H. The second-order valence-corrected chi connectivity index (χ2v) is 4.10. The summed E-state index contributed by atoms with van der Waals surface area (Å²) in [5.41, 5.74) is 6.91. The van der Waals surface area contributed by atoms with E-state index >= 15 is 0 Å². The second-order valence-electron chi connectivity index (χ2n) is 4.10. The van der Waals surface area contributed by atoms with Gasteiger partial charge in [-0.1, -0.05) is 30.3 Å². The first-order valence-electron chi connectivity index (χ1n) is 5.99. The van der Waals surface area contributed by atoms with E-state index in [0.717, 1.165) is 17.1 Å². The summed E-state index contributed by atoms with van der Waals surface area (Å²) < 4.78 is 5.68. The molecule has 3 nitrogen and oxygen atoms in total. The minimum atomic E-state index is -0.124. The smallest absolute Gasteiger partial charge is 0.127 e. The predicted molar refractivity (Wildman–Crippen MR) is 78.8 cm³/mol. The number of para-hydroxylation sites is 1. The van der Waals surface area contributed by atoms with Crippen LogP contribution in [0.15, 0.2) is 54.6 Å². The van der Waals surface area contributed by atoms with E-state index in [-0.39, 0.29) is 25.1 Å². The van der Waals surface area contributed by atoms with Crippen molar-refractivity contribution in [1.82, 2.24) is 0 Å². The van der Waals surface area contributed by atoms with Crippen LogP contribution in [0.5, 0.6) is 11.5 Å². The van der Waals surface area contributed by atoms with E-state index in [0.29, 0.717) is 6.42 Å². The number of aliphatic hydroxyl groups excluding tert-OH is 1. The maximum absolute atomic E-state index is 8.84. The van der Waals surface area contributed by atoms with Crippen LogP contribution in [-0.4, -0.2) is 11.7 Å². The summed E-state index contributed by atoms with van der Waals surface area (Å²) in [6, 6.07) is 17.1. The van der Waals surface area contributed by atoms with Crippen molar-refractivity contribution in [2.24, 2.45) is 5.73 Å². The monoisotopic (exact) mass is 279 g/mol.